The standard InChI is InChI=1S/C19H24O5/c1-10-8-16-17(9-24-14(5)21)12(3)19(22)18(16)11(2)15(10)6-7-23-13(4)20/h8,12,17H,6-7,9H2,1-5H3. The van der Waals surface area contributed by atoms with Crippen molar-refractivity contribution in [1.82, 2.24) is 0 Å². The fourth-order valence-electron chi connectivity index (χ4n) is 3.48. The fourth-order valence-corrected chi connectivity index (χ4v) is 3.48. The number of fused-ring (bicyclic) bond motifs is 1. The largest absolute Gasteiger partial charge is 0.466 e. The summed E-state index contributed by atoms with van der Waals surface area (Å²) in [5.74, 6) is -0.863. The van der Waals surface area contributed by atoms with Crippen molar-refractivity contribution < 1.29 is 23.9 Å². The van der Waals surface area contributed by atoms with Crippen LogP contribution >= 0.6 is 0 Å². The van der Waals surface area contributed by atoms with E-state index in [0.29, 0.717) is 13.0 Å². The highest BCUT2D eigenvalue weighted by molar-refractivity contribution is 6.04. The van der Waals surface area contributed by atoms with Crippen molar-refractivity contribution >= 4 is 17.7 Å². The van der Waals surface area contributed by atoms with Gasteiger partial charge < -0.3 is 9.47 Å². The summed E-state index contributed by atoms with van der Waals surface area (Å²) in [6, 6.07) is 2.01. The van der Waals surface area contributed by atoms with Gasteiger partial charge in [0, 0.05) is 37.7 Å². The van der Waals surface area contributed by atoms with Crippen LogP contribution in [-0.4, -0.2) is 30.9 Å². The Bertz CT molecular complexity index is 689. The first kappa shape index (κ1) is 18.2. The molecule has 1 aromatic rings. The van der Waals surface area contributed by atoms with Gasteiger partial charge in [-0.15, -0.1) is 0 Å². The molecular weight excluding hydrogens is 308 g/mol. The molecule has 0 amide bonds. The van der Waals surface area contributed by atoms with Gasteiger partial charge in [-0.05, 0) is 36.1 Å². The molecule has 0 heterocycles. The number of ketones is 1. The fraction of sp³-hybridized carbons (Fsp3) is 0.526. The van der Waals surface area contributed by atoms with E-state index in [0.717, 1.165) is 27.8 Å². The van der Waals surface area contributed by atoms with E-state index in [1.54, 1.807) is 0 Å². The van der Waals surface area contributed by atoms with E-state index in [2.05, 4.69) is 0 Å². The quantitative estimate of drug-likeness (QED) is 0.776. The lowest BCUT2D eigenvalue weighted by Crippen LogP contribution is -2.16. The molecule has 5 nitrogen and oxygen atoms in total. The third-order valence-electron chi connectivity index (χ3n) is 4.75. The monoisotopic (exact) mass is 332 g/mol. The van der Waals surface area contributed by atoms with E-state index in [4.69, 9.17) is 9.47 Å². The molecule has 0 radical (unpaired) electrons. The van der Waals surface area contributed by atoms with E-state index in [1.807, 2.05) is 26.8 Å². The first-order valence-electron chi connectivity index (χ1n) is 8.18. The molecule has 2 atom stereocenters. The van der Waals surface area contributed by atoms with E-state index < -0.39 is 0 Å². The van der Waals surface area contributed by atoms with Gasteiger partial charge in [-0.3, -0.25) is 14.4 Å². The SMILES string of the molecule is CC(=O)OCCc1c(C)cc2c(c1C)C(=O)C(C)C2COC(C)=O. The van der Waals surface area contributed by atoms with E-state index >= 15 is 0 Å². The number of esters is 2. The maximum absolute atomic E-state index is 12.7. The number of hydrogen-bond donors (Lipinski definition) is 0. The van der Waals surface area contributed by atoms with E-state index in [9.17, 15) is 14.4 Å². The molecule has 0 aliphatic heterocycles. The molecule has 0 saturated carbocycles. The van der Waals surface area contributed by atoms with Crippen molar-refractivity contribution in [2.24, 2.45) is 5.92 Å². The first-order chi connectivity index (χ1) is 11.2. The van der Waals surface area contributed by atoms with Crippen LogP contribution in [0.4, 0.5) is 0 Å². The minimum atomic E-state index is -0.338. The molecule has 0 spiro atoms. The van der Waals surface area contributed by atoms with Crippen molar-refractivity contribution in [3.8, 4) is 0 Å². The van der Waals surface area contributed by atoms with Gasteiger partial charge in [-0.25, -0.2) is 0 Å². The van der Waals surface area contributed by atoms with Crippen LogP contribution in [-0.2, 0) is 25.5 Å². The van der Waals surface area contributed by atoms with Gasteiger partial charge in [-0.1, -0.05) is 13.0 Å². The second-order valence-electron chi connectivity index (χ2n) is 6.41. The Morgan fingerprint density at radius 3 is 2.33 bits per heavy atom. The summed E-state index contributed by atoms with van der Waals surface area (Å²) < 4.78 is 10.2. The van der Waals surface area contributed by atoms with E-state index in [-0.39, 0.29) is 36.2 Å². The van der Waals surface area contributed by atoms with Gasteiger partial charge in [0.05, 0.1) is 13.2 Å². The number of hydrogen-bond acceptors (Lipinski definition) is 5. The molecule has 0 fully saturated rings. The van der Waals surface area contributed by atoms with Crippen LogP contribution in [0.3, 0.4) is 0 Å². The number of ether oxygens (including phenoxy) is 2. The molecule has 24 heavy (non-hydrogen) atoms. The van der Waals surface area contributed by atoms with Crippen LogP contribution in [0.1, 0.15) is 59.3 Å². The average molecular weight is 332 g/mol. The molecule has 5 heteroatoms. The first-order valence-corrected chi connectivity index (χ1v) is 8.18. The minimum absolute atomic E-state index is 0.0911. The van der Waals surface area contributed by atoms with Gasteiger partial charge in [-0.2, -0.15) is 0 Å². The lowest BCUT2D eigenvalue weighted by atomic mass is 9.90. The summed E-state index contributed by atoms with van der Waals surface area (Å²) in [6.45, 7) is 9.09. The summed E-state index contributed by atoms with van der Waals surface area (Å²) in [4.78, 5) is 34.7. The van der Waals surface area contributed by atoms with Crippen LogP contribution in [0.2, 0.25) is 0 Å². The molecule has 1 aliphatic carbocycles. The highest BCUT2D eigenvalue weighted by atomic mass is 16.5. The van der Waals surface area contributed by atoms with Crippen LogP contribution in [0, 0.1) is 19.8 Å². The van der Waals surface area contributed by atoms with Crippen molar-refractivity contribution in [2.75, 3.05) is 13.2 Å². The number of carbonyl (C=O) groups excluding carboxylic acids is 3. The Kier molecular flexibility index (Phi) is 5.42. The summed E-state index contributed by atoms with van der Waals surface area (Å²) in [7, 11) is 0. The summed E-state index contributed by atoms with van der Waals surface area (Å²) >= 11 is 0. The molecule has 0 N–H and O–H groups in total. The Morgan fingerprint density at radius 2 is 1.75 bits per heavy atom. The topological polar surface area (TPSA) is 69.7 Å². The number of Topliss-reactive ketones (excluding diaryl/α,β-unsaturated/α-hetero) is 1. The lowest BCUT2D eigenvalue weighted by Gasteiger charge is -2.17. The van der Waals surface area contributed by atoms with Gasteiger partial charge in [0.1, 0.15) is 0 Å². The second-order valence-corrected chi connectivity index (χ2v) is 6.41. The van der Waals surface area contributed by atoms with Crippen LogP contribution in [0.25, 0.3) is 0 Å². The Labute approximate surface area is 142 Å². The third-order valence-corrected chi connectivity index (χ3v) is 4.75. The van der Waals surface area contributed by atoms with Crippen molar-refractivity contribution in [3.63, 3.8) is 0 Å². The highest BCUT2D eigenvalue weighted by Crippen LogP contribution is 2.41. The van der Waals surface area contributed by atoms with Crippen molar-refractivity contribution in [3.05, 3.63) is 33.9 Å². The molecule has 2 unspecified atom stereocenters. The molecule has 2 rings (SSSR count). The molecule has 0 saturated heterocycles. The molecular formula is C19H24O5. The summed E-state index contributed by atoms with van der Waals surface area (Å²) in [5.41, 5.74) is 4.75. The zero-order valence-electron chi connectivity index (χ0n) is 14.9. The van der Waals surface area contributed by atoms with Gasteiger partial charge in [0.15, 0.2) is 5.78 Å². The normalized spacial score (nSPS) is 19.1. The molecule has 0 bridgehead atoms. The lowest BCUT2D eigenvalue weighted by molar-refractivity contribution is -0.142. The number of benzene rings is 1. The summed E-state index contributed by atoms with van der Waals surface area (Å²) in [6.07, 6.45) is 0.584. The Balaban J connectivity index is 2.35. The predicted octanol–water partition coefficient (Wildman–Crippen LogP) is 2.89. The average Bonchev–Trinajstić information content (AvgIpc) is 2.71. The number of aryl methyl sites for hydroxylation is 1. The van der Waals surface area contributed by atoms with Gasteiger partial charge >= 0.3 is 11.9 Å². The zero-order valence-corrected chi connectivity index (χ0v) is 14.9. The minimum Gasteiger partial charge on any atom is -0.466 e. The van der Waals surface area contributed by atoms with Crippen LogP contribution < -0.4 is 0 Å². The van der Waals surface area contributed by atoms with Gasteiger partial charge in [0.2, 0.25) is 0 Å². The van der Waals surface area contributed by atoms with Crippen LogP contribution in [0.5, 0.6) is 0 Å². The Morgan fingerprint density at radius 1 is 1.12 bits per heavy atom. The maximum atomic E-state index is 12.7. The van der Waals surface area contributed by atoms with Crippen molar-refractivity contribution in [1.29, 1.82) is 0 Å². The molecule has 1 aliphatic rings. The predicted molar refractivity (Wildman–Crippen MR) is 89.1 cm³/mol. The number of carbonyl (C=O) groups is 3. The van der Waals surface area contributed by atoms with Crippen LogP contribution in [0.15, 0.2) is 6.07 Å². The molecule has 130 valence electrons. The van der Waals surface area contributed by atoms with E-state index in [1.165, 1.54) is 13.8 Å². The smallest absolute Gasteiger partial charge is 0.302 e. The summed E-state index contributed by atoms with van der Waals surface area (Å²) in [5, 5.41) is 0. The zero-order chi connectivity index (χ0) is 18.0. The Hall–Kier alpha value is -2.17. The highest BCUT2D eigenvalue weighted by Gasteiger charge is 2.39. The maximum Gasteiger partial charge on any atom is 0.302 e. The molecule has 1 aromatic carbocycles. The number of rotatable bonds is 5. The molecule has 0 aromatic heterocycles. The van der Waals surface area contributed by atoms with Crippen molar-refractivity contribution in [2.45, 2.75) is 47.0 Å². The third kappa shape index (κ3) is 3.50. The second kappa shape index (κ2) is 7.16. The van der Waals surface area contributed by atoms with Gasteiger partial charge in [0.25, 0.3) is 0 Å².